The summed E-state index contributed by atoms with van der Waals surface area (Å²) < 4.78 is 0.419. The summed E-state index contributed by atoms with van der Waals surface area (Å²) in [4.78, 5) is 20.0. The first-order valence-corrected chi connectivity index (χ1v) is 6.16. The van der Waals surface area contributed by atoms with E-state index in [2.05, 4.69) is 25.9 Å². The molecule has 0 aliphatic heterocycles. The maximum Gasteiger partial charge on any atom is 0.267 e. The zero-order valence-corrected chi connectivity index (χ0v) is 11.4. The lowest BCUT2D eigenvalue weighted by Crippen LogP contribution is -2.22. The largest absolute Gasteiger partial charge is 0.398 e. The predicted octanol–water partition coefficient (Wildman–Crippen LogP) is 1.75. The van der Waals surface area contributed by atoms with Crippen LogP contribution in [0.3, 0.4) is 0 Å². The van der Waals surface area contributed by atoms with Gasteiger partial charge in [0.05, 0.1) is 6.33 Å². The van der Waals surface area contributed by atoms with E-state index in [1.54, 1.807) is 0 Å². The first kappa shape index (κ1) is 12.6. The van der Waals surface area contributed by atoms with E-state index in [0.29, 0.717) is 16.8 Å². The quantitative estimate of drug-likeness (QED) is 0.847. The van der Waals surface area contributed by atoms with Gasteiger partial charge in [-0.3, -0.25) is 4.79 Å². The summed E-state index contributed by atoms with van der Waals surface area (Å²) in [7, 11) is 1.86. The van der Waals surface area contributed by atoms with Gasteiger partial charge in [0.25, 0.3) is 5.56 Å². The number of rotatable bonds is 3. The van der Waals surface area contributed by atoms with Gasteiger partial charge in [0.1, 0.15) is 10.3 Å². The lowest BCUT2D eigenvalue weighted by atomic mass is 10.2. The van der Waals surface area contributed by atoms with Gasteiger partial charge in [0, 0.05) is 19.3 Å². The Morgan fingerprint density at radius 1 is 1.44 bits per heavy atom. The Morgan fingerprint density at radius 3 is 2.89 bits per heavy atom. The molecule has 6 heteroatoms. The molecule has 0 bridgehead atoms. The maximum atomic E-state index is 11.5. The molecule has 0 saturated heterocycles. The fourth-order valence-electron chi connectivity index (χ4n) is 1.65. The van der Waals surface area contributed by atoms with Gasteiger partial charge < -0.3 is 15.6 Å². The molecule has 0 saturated carbocycles. The minimum atomic E-state index is -0.201. The Kier molecular flexibility index (Phi) is 3.66. The third-order valence-corrected chi connectivity index (χ3v) is 3.32. The van der Waals surface area contributed by atoms with Crippen molar-refractivity contribution in [3.63, 3.8) is 0 Å². The number of nitrogens with zero attached hydrogens (tertiary/aromatic N) is 2. The van der Waals surface area contributed by atoms with Crippen LogP contribution in [0.15, 0.2) is 39.9 Å². The van der Waals surface area contributed by atoms with E-state index >= 15 is 0 Å². The van der Waals surface area contributed by atoms with Crippen LogP contribution in [-0.2, 0) is 6.54 Å². The van der Waals surface area contributed by atoms with Gasteiger partial charge in [0.15, 0.2) is 0 Å². The van der Waals surface area contributed by atoms with Gasteiger partial charge in [-0.15, -0.1) is 0 Å². The van der Waals surface area contributed by atoms with Crippen LogP contribution < -0.4 is 16.2 Å². The van der Waals surface area contributed by atoms with Crippen molar-refractivity contribution in [3.8, 4) is 0 Å². The summed E-state index contributed by atoms with van der Waals surface area (Å²) in [6.45, 7) is 0.585. The van der Waals surface area contributed by atoms with Crippen LogP contribution in [0.4, 0.5) is 11.5 Å². The van der Waals surface area contributed by atoms with Crippen LogP contribution in [0.1, 0.15) is 5.56 Å². The lowest BCUT2D eigenvalue weighted by molar-refractivity contribution is 0.882. The van der Waals surface area contributed by atoms with Crippen molar-refractivity contribution in [3.05, 3.63) is 51.0 Å². The Hall–Kier alpha value is -1.82. The van der Waals surface area contributed by atoms with Crippen LogP contribution in [0.25, 0.3) is 0 Å². The number of para-hydroxylation sites is 1. The summed E-state index contributed by atoms with van der Waals surface area (Å²) in [6.07, 6.45) is 1.38. The van der Waals surface area contributed by atoms with E-state index in [9.17, 15) is 4.79 Å². The molecular formula is C12H13BrN4O. The molecule has 0 unspecified atom stereocenters. The number of nitrogen functional groups attached to an aromatic ring is 1. The third-order valence-electron chi connectivity index (χ3n) is 2.60. The number of aromatic nitrogens is 2. The maximum absolute atomic E-state index is 11.5. The van der Waals surface area contributed by atoms with Gasteiger partial charge in [-0.2, -0.15) is 0 Å². The highest BCUT2D eigenvalue weighted by molar-refractivity contribution is 9.10. The summed E-state index contributed by atoms with van der Waals surface area (Å²) in [5, 5.41) is 0. The van der Waals surface area contributed by atoms with E-state index in [0.717, 1.165) is 11.3 Å². The molecule has 18 heavy (non-hydrogen) atoms. The number of anilines is 2. The number of H-pyrrole nitrogens is 1. The Balaban J connectivity index is 2.28. The molecule has 1 aromatic carbocycles. The molecule has 94 valence electrons. The highest BCUT2D eigenvalue weighted by atomic mass is 79.9. The molecule has 0 fully saturated rings. The van der Waals surface area contributed by atoms with Crippen molar-refractivity contribution in [1.82, 2.24) is 9.97 Å². The summed E-state index contributed by atoms with van der Waals surface area (Å²) in [5.41, 5.74) is 7.41. The molecule has 0 amide bonds. The molecule has 2 aromatic rings. The summed E-state index contributed by atoms with van der Waals surface area (Å²) >= 11 is 3.23. The van der Waals surface area contributed by atoms with Gasteiger partial charge in [-0.05, 0) is 27.6 Å². The molecule has 5 nitrogen and oxygen atoms in total. The first-order chi connectivity index (χ1) is 8.59. The second-order valence-electron chi connectivity index (χ2n) is 3.92. The summed E-state index contributed by atoms with van der Waals surface area (Å²) in [6, 6.07) is 7.62. The second kappa shape index (κ2) is 5.22. The van der Waals surface area contributed by atoms with Gasteiger partial charge in [-0.25, -0.2) is 4.98 Å². The van der Waals surface area contributed by atoms with Crippen molar-refractivity contribution in [1.29, 1.82) is 0 Å². The minimum Gasteiger partial charge on any atom is -0.398 e. The van der Waals surface area contributed by atoms with Crippen molar-refractivity contribution >= 4 is 27.4 Å². The Bertz CT molecular complexity index is 611. The summed E-state index contributed by atoms with van der Waals surface area (Å²) in [5.74, 6) is 0.585. The molecule has 0 aliphatic carbocycles. The fraction of sp³-hybridized carbons (Fsp3) is 0.167. The van der Waals surface area contributed by atoms with Gasteiger partial charge in [-0.1, -0.05) is 18.2 Å². The Labute approximate surface area is 113 Å². The minimum absolute atomic E-state index is 0.201. The number of halogens is 1. The van der Waals surface area contributed by atoms with Crippen molar-refractivity contribution in [2.45, 2.75) is 6.54 Å². The molecule has 3 N–H and O–H groups in total. The average Bonchev–Trinajstić information content (AvgIpc) is 2.35. The predicted molar refractivity (Wildman–Crippen MR) is 75.5 cm³/mol. The fourth-order valence-corrected chi connectivity index (χ4v) is 2.17. The zero-order chi connectivity index (χ0) is 13.1. The van der Waals surface area contributed by atoms with E-state index in [4.69, 9.17) is 5.73 Å². The van der Waals surface area contributed by atoms with E-state index < -0.39 is 0 Å². The smallest absolute Gasteiger partial charge is 0.267 e. The van der Waals surface area contributed by atoms with E-state index in [-0.39, 0.29) is 5.56 Å². The molecule has 1 heterocycles. The van der Waals surface area contributed by atoms with Gasteiger partial charge >= 0.3 is 0 Å². The number of hydrogen-bond donors (Lipinski definition) is 2. The third kappa shape index (κ3) is 2.53. The molecule has 0 spiro atoms. The average molecular weight is 309 g/mol. The standard InChI is InChI=1S/C12H13BrN4O/c1-17(6-8-4-2-3-5-9(8)14)11-10(13)12(18)16-7-15-11/h2-5,7H,6,14H2,1H3,(H,15,16,18). The number of aromatic amines is 1. The highest BCUT2D eigenvalue weighted by Gasteiger charge is 2.11. The van der Waals surface area contributed by atoms with Crippen molar-refractivity contribution in [2.75, 3.05) is 17.7 Å². The number of nitrogens with two attached hydrogens (primary N) is 1. The first-order valence-electron chi connectivity index (χ1n) is 5.37. The number of hydrogen-bond acceptors (Lipinski definition) is 4. The molecule has 0 aliphatic rings. The van der Waals surface area contributed by atoms with Crippen LogP contribution in [0, 0.1) is 0 Å². The van der Waals surface area contributed by atoms with Crippen LogP contribution in [0.2, 0.25) is 0 Å². The topological polar surface area (TPSA) is 75.0 Å². The van der Waals surface area contributed by atoms with Gasteiger partial charge in [0.2, 0.25) is 0 Å². The highest BCUT2D eigenvalue weighted by Crippen LogP contribution is 2.21. The van der Waals surface area contributed by atoms with Crippen LogP contribution >= 0.6 is 15.9 Å². The molecule has 1 aromatic heterocycles. The Morgan fingerprint density at radius 2 is 2.17 bits per heavy atom. The molecule has 2 rings (SSSR count). The van der Waals surface area contributed by atoms with Crippen LogP contribution in [0.5, 0.6) is 0 Å². The molecule has 0 atom stereocenters. The number of benzene rings is 1. The lowest BCUT2D eigenvalue weighted by Gasteiger charge is -2.19. The van der Waals surface area contributed by atoms with E-state index in [1.165, 1.54) is 6.33 Å². The van der Waals surface area contributed by atoms with Crippen molar-refractivity contribution < 1.29 is 0 Å². The van der Waals surface area contributed by atoms with Crippen molar-refractivity contribution in [2.24, 2.45) is 0 Å². The second-order valence-corrected chi connectivity index (χ2v) is 4.72. The SMILES string of the molecule is CN(Cc1ccccc1N)c1nc[nH]c(=O)c1Br. The zero-order valence-electron chi connectivity index (χ0n) is 9.85. The van der Waals surface area contributed by atoms with Crippen LogP contribution in [-0.4, -0.2) is 17.0 Å². The van der Waals surface area contributed by atoms with E-state index in [1.807, 2.05) is 36.2 Å². The monoisotopic (exact) mass is 308 g/mol. The number of nitrogens with one attached hydrogen (secondary N) is 1. The normalized spacial score (nSPS) is 10.3. The molecular weight excluding hydrogens is 296 g/mol. The molecule has 0 radical (unpaired) electrons.